The molecule has 27 heavy (non-hydrogen) atoms. The van der Waals surface area contributed by atoms with Gasteiger partial charge in [-0.1, -0.05) is 23.7 Å². The van der Waals surface area contributed by atoms with Crippen molar-refractivity contribution in [3.63, 3.8) is 0 Å². The number of aromatic nitrogens is 1. The topological polar surface area (TPSA) is 72.5 Å². The molecule has 6 nitrogen and oxygen atoms in total. The Hall–Kier alpha value is -3.25. The Labute approximate surface area is 161 Å². The van der Waals surface area contributed by atoms with Crippen molar-refractivity contribution in [1.29, 1.82) is 0 Å². The van der Waals surface area contributed by atoms with Crippen LogP contribution in [0.3, 0.4) is 0 Å². The minimum atomic E-state index is -0.248. The quantitative estimate of drug-likeness (QED) is 0.695. The van der Waals surface area contributed by atoms with Crippen molar-refractivity contribution < 1.29 is 14.3 Å². The first-order chi connectivity index (χ1) is 13.2. The predicted molar refractivity (Wildman–Crippen MR) is 103 cm³/mol. The summed E-state index contributed by atoms with van der Waals surface area (Å²) < 4.78 is 10.6. The van der Waals surface area contributed by atoms with Gasteiger partial charge in [0, 0.05) is 17.3 Å². The van der Waals surface area contributed by atoms with Crippen molar-refractivity contribution in [2.24, 2.45) is 0 Å². The molecule has 0 radical (unpaired) electrons. The number of benzene rings is 2. The van der Waals surface area contributed by atoms with Gasteiger partial charge in [-0.3, -0.25) is 4.79 Å². The number of halogens is 1. The maximum absolute atomic E-state index is 12.3. The Morgan fingerprint density at radius 1 is 1.04 bits per heavy atom. The molecule has 1 aromatic heterocycles. The average molecular weight is 382 g/mol. The van der Waals surface area contributed by atoms with Crippen molar-refractivity contribution in [3.05, 3.63) is 77.1 Å². The molecule has 0 saturated carbocycles. The lowest BCUT2D eigenvalue weighted by Crippen LogP contribution is -2.23. The lowest BCUT2D eigenvalue weighted by molar-refractivity contribution is 0.0946. The van der Waals surface area contributed by atoms with Crippen molar-refractivity contribution in [2.45, 2.75) is 6.54 Å². The van der Waals surface area contributed by atoms with Gasteiger partial charge < -0.3 is 20.1 Å². The minimum Gasteiger partial charge on any atom is -0.454 e. The third-order valence-electron chi connectivity index (χ3n) is 4.00. The van der Waals surface area contributed by atoms with Crippen LogP contribution in [-0.4, -0.2) is 17.7 Å². The summed E-state index contributed by atoms with van der Waals surface area (Å²) >= 11 is 5.97. The summed E-state index contributed by atoms with van der Waals surface area (Å²) in [6.45, 7) is 0.601. The summed E-state index contributed by atoms with van der Waals surface area (Å²) in [5.41, 5.74) is 2.88. The van der Waals surface area contributed by atoms with E-state index in [0.29, 0.717) is 23.0 Å². The molecule has 136 valence electrons. The normalized spacial score (nSPS) is 11.9. The standard InChI is InChI=1S/C20H16ClN3O3/c21-14-2-1-3-15(9-14)24-16-5-6-17(22-11-16)20(25)23-10-13-4-7-18-19(8-13)27-12-26-18/h1-9,11,24H,10,12H2,(H,23,25). The van der Waals surface area contributed by atoms with Crippen LogP contribution in [0, 0.1) is 0 Å². The number of fused-ring (bicyclic) bond motifs is 1. The van der Waals surface area contributed by atoms with Gasteiger partial charge in [0.05, 0.1) is 11.9 Å². The molecule has 1 aliphatic rings. The van der Waals surface area contributed by atoms with Crippen molar-refractivity contribution >= 4 is 28.9 Å². The van der Waals surface area contributed by atoms with Crippen LogP contribution in [0.2, 0.25) is 5.02 Å². The molecule has 2 N–H and O–H groups in total. The van der Waals surface area contributed by atoms with Crippen molar-refractivity contribution in [3.8, 4) is 11.5 Å². The number of carbonyl (C=O) groups is 1. The van der Waals surface area contributed by atoms with Crippen LogP contribution in [0.25, 0.3) is 0 Å². The van der Waals surface area contributed by atoms with Gasteiger partial charge in [0.2, 0.25) is 6.79 Å². The summed E-state index contributed by atoms with van der Waals surface area (Å²) in [5, 5.41) is 6.68. The van der Waals surface area contributed by atoms with E-state index in [0.717, 1.165) is 22.7 Å². The fourth-order valence-electron chi connectivity index (χ4n) is 2.66. The van der Waals surface area contributed by atoms with E-state index in [1.807, 2.05) is 36.4 Å². The second-order valence-corrected chi connectivity index (χ2v) is 6.37. The third kappa shape index (κ3) is 4.12. The van der Waals surface area contributed by atoms with E-state index in [1.165, 1.54) is 0 Å². The number of ether oxygens (including phenoxy) is 2. The van der Waals surface area contributed by atoms with E-state index < -0.39 is 0 Å². The molecular formula is C20H16ClN3O3. The van der Waals surface area contributed by atoms with Crippen molar-refractivity contribution in [2.75, 3.05) is 12.1 Å². The van der Waals surface area contributed by atoms with E-state index in [9.17, 15) is 4.79 Å². The Morgan fingerprint density at radius 2 is 1.93 bits per heavy atom. The Balaban J connectivity index is 1.36. The molecule has 7 heteroatoms. The highest BCUT2D eigenvalue weighted by molar-refractivity contribution is 6.30. The van der Waals surface area contributed by atoms with Gasteiger partial charge in [0.25, 0.3) is 5.91 Å². The maximum Gasteiger partial charge on any atom is 0.270 e. The summed E-state index contributed by atoms with van der Waals surface area (Å²) in [5.74, 6) is 1.16. The van der Waals surface area contributed by atoms with Crippen LogP contribution < -0.4 is 20.1 Å². The van der Waals surface area contributed by atoms with Crippen LogP contribution in [0.15, 0.2) is 60.8 Å². The molecule has 0 unspecified atom stereocenters. The highest BCUT2D eigenvalue weighted by atomic mass is 35.5. The molecule has 0 fully saturated rings. The molecule has 1 amide bonds. The zero-order valence-corrected chi connectivity index (χ0v) is 15.0. The Bertz CT molecular complexity index is 976. The lowest BCUT2D eigenvalue weighted by Gasteiger charge is -2.08. The average Bonchev–Trinajstić information content (AvgIpc) is 3.14. The van der Waals surface area contributed by atoms with E-state index >= 15 is 0 Å². The summed E-state index contributed by atoms with van der Waals surface area (Å²) in [6, 6.07) is 16.4. The molecule has 4 rings (SSSR count). The molecular weight excluding hydrogens is 366 g/mol. The highest BCUT2D eigenvalue weighted by Gasteiger charge is 2.14. The number of hydrogen-bond donors (Lipinski definition) is 2. The summed E-state index contributed by atoms with van der Waals surface area (Å²) in [4.78, 5) is 16.5. The van der Waals surface area contributed by atoms with Crippen LogP contribution in [0.5, 0.6) is 11.5 Å². The number of anilines is 2. The first-order valence-corrected chi connectivity index (χ1v) is 8.70. The van der Waals surface area contributed by atoms with E-state index in [4.69, 9.17) is 21.1 Å². The van der Waals surface area contributed by atoms with Gasteiger partial charge in [0.15, 0.2) is 11.5 Å². The molecule has 0 saturated heterocycles. The SMILES string of the molecule is O=C(NCc1ccc2c(c1)OCO2)c1ccc(Nc2cccc(Cl)c2)cn1. The molecule has 0 bridgehead atoms. The monoisotopic (exact) mass is 381 g/mol. The second-order valence-electron chi connectivity index (χ2n) is 5.94. The second kappa shape index (κ2) is 7.55. The van der Waals surface area contributed by atoms with Crippen LogP contribution in [0.4, 0.5) is 11.4 Å². The molecule has 0 spiro atoms. The summed E-state index contributed by atoms with van der Waals surface area (Å²) in [7, 11) is 0. The Morgan fingerprint density at radius 3 is 2.74 bits per heavy atom. The van der Waals surface area contributed by atoms with Gasteiger partial charge in [-0.05, 0) is 48.0 Å². The van der Waals surface area contributed by atoms with Gasteiger partial charge in [-0.15, -0.1) is 0 Å². The summed E-state index contributed by atoms with van der Waals surface area (Å²) in [6.07, 6.45) is 1.61. The molecule has 0 atom stereocenters. The maximum atomic E-state index is 12.3. The number of hydrogen-bond acceptors (Lipinski definition) is 5. The molecule has 1 aliphatic heterocycles. The smallest absolute Gasteiger partial charge is 0.270 e. The van der Waals surface area contributed by atoms with Gasteiger partial charge in [0.1, 0.15) is 5.69 Å². The zero-order chi connectivity index (χ0) is 18.6. The van der Waals surface area contributed by atoms with Gasteiger partial charge in [-0.25, -0.2) is 4.98 Å². The minimum absolute atomic E-state index is 0.227. The van der Waals surface area contributed by atoms with Gasteiger partial charge >= 0.3 is 0 Å². The van der Waals surface area contributed by atoms with E-state index in [1.54, 1.807) is 24.4 Å². The first-order valence-electron chi connectivity index (χ1n) is 8.33. The van der Waals surface area contributed by atoms with Crippen LogP contribution in [-0.2, 0) is 6.54 Å². The van der Waals surface area contributed by atoms with E-state index in [-0.39, 0.29) is 12.7 Å². The number of carbonyl (C=O) groups excluding carboxylic acids is 1. The molecule has 3 aromatic rings. The van der Waals surface area contributed by atoms with E-state index in [2.05, 4.69) is 15.6 Å². The number of rotatable bonds is 5. The highest BCUT2D eigenvalue weighted by Crippen LogP contribution is 2.32. The lowest BCUT2D eigenvalue weighted by atomic mass is 10.2. The molecule has 2 heterocycles. The fourth-order valence-corrected chi connectivity index (χ4v) is 2.85. The van der Waals surface area contributed by atoms with Crippen LogP contribution in [0.1, 0.15) is 16.1 Å². The largest absolute Gasteiger partial charge is 0.454 e. The number of nitrogens with one attached hydrogen (secondary N) is 2. The third-order valence-corrected chi connectivity index (χ3v) is 4.23. The van der Waals surface area contributed by atoms with Crippen molar-refractivity contribution in [1.82, 2.24) is 10.3 Å². The zero-order valence-electron chi connectivity index (χ0n) is 14.2. The molecule has 0 aliphatic carbocycles. The molecule has 2 aromatic carbocycles. The number of pyridine rings is 1. The first kappa shape index (κ1) is 17.2. The number of amides is 1. The fraction of sp³-hybridized carbons (Fsp3) is 0.100. The predicted octanol–water partition coefficient (Wildman–Crippen LogP) is 4.14. The van der Waals surface area contributed by atoms with Crippen LogP contribution >= 0.6 is 11.6 Å². The Kier molecular flexibility index (Phi) is 4.80. The van der Waals surface area contributed by atoms with Gasteiger partial charge in [-0.2, -0.15) is 0 Å². The number of nitrogens with zero attached hydrogens (tertiary/aromatic N) is 1.